The predicted octanol–water partition coefficient (Wildman–Crippen LogP) is 4.15. The van der Waals surface area contributed by atoms with Crippen LogP contribution in [0.15, 0.2) is 36.5 Å². The van der Waals surface area contributed by atoms with Gasteiger partial charge in [0.2, 0.25) is 5.95 Å². The summed E-state index contributed by atoms with van der Waals surface area (Å²) in [6.45, 7) is 10.5. The number of carbonyl (C=O) groups excluding carboxylic acids is 1. The molecule has 1 aromatic carbocycles. The molecule has 146 valence electrons. The van der Waals surface area contributed by atoms with Gasteiger partial charge in [0.25, 0.3) is 5.91 Å². The third kappa shape index (κ3) is 4.39. The van der Waals surface area contributed by atoms with Gasteiger partial charge in [-0.3, -0.25) is 4.79 Å². The van der Waals surface area contributed by atoms with Gasteiger partial charge in [-0.25, -0.2) is 9.97 Å². The molecule has 0 bridgehead atoms. The first-order valence-electron chi connectivity index (χ1n) is 9.48. The van der Waals surface area contributed by atoms with Crippen molar-refractivity contribution in [1.29, 1.82) is 0 Å². The lowest BCUT2D eigenvalue weighted by atomic mass is 10.1. The highest BCUT2D eigenvalue weighted by atomic mass is 16.1. The predicted molar refractivity (Wildman–Crippen MR) is 112 cm³/mol. The number of nitrogens with one attached hydrogen (secondary N) is 3. The standard InChI is InChI=1S/C22H27N5O/c1-13(2)25-22-23-10-9-18(27-22)19-15(4)20(26-16(19)5)21(28)24-12-17-8-6-7-14(3)11-17/h6-11,13,26H,12H2,1-5H3,(H,24,28)(H,23,25,27). The first-order valence-corrected chi connectivity index (χ1v) is 9.48. The minimum Gasteiger partial charge on any atom is -0.354 e. The SMILES string of the molecule is Cc1cccc(CNC(=O)c2[nH]c(C)c(-c3ccnc(NC(C)C)n3)c2C)c1. The average Bonchev–Trinajstić information content (AvgIpc) is 2.94. The van der Waals surface area contributed by atoms with E-state index in [1.54, 1.807) is 6.20 Å². The molecule has 0 radical (unpaired) electrons. The molecular formula is C22H27N5O. The Hall–Kier alpha value is -3.15. The Bertz CT molecular complexity index is 990. The van der Waals surface area contributed by atoms with E-state index in [0.29, 0.717) is 18.2 Å². The van der Waals surface area contributed by atoms with Gasteiger partial charge in [0.05, 0.1) is 5.69 Å². The van der Waals surface area contributed by atoms with Crippen LogP contribution in [-0.2, 0) is 6.54 Å². The van der Waals surface area contributed by atoms with Gasteiger partial charge in [-0.05, 0) is 51.8 Å². The second-order valence-electron chi connectivity index (χ2n) is 7.36. The number of aryl methyl sites for hydroxylation is 2. The number of anilines is 1. The van der Waals surface area contributed by atoms with Crippen LogP contribution in [0.3, 0.4) is 0 Å². The number of hydrogen-bond donors (Lipinski definition) is 3. The maximum atomic E-state index is 12.7. The van der Waals surface area contributed by atoms with E-state index >= 15 is 0 Å². The summed E-state index contributed by atoms with van der Waals surface area (Å²) in [5.41, 5.74) is 6.35. The molecule has 0 spiro atoms. The molecule has 6 nitrogen and oxygen atoms in total. The summed E-state index contributed by atoms with van der Waals surface area (Å²) >= 11 is 0. The molecule has 0 aliphatic rings. The summed E-state index contributed by atoms with van der Waals surface area (Å²) in [7, 11) is 0. The van der Waals surface area contributed by atoms with E-state index in [4.69, 9.17) is 0 Å². The highest BCUT2D eigenvalue weighted by molar-refractivity contribution is 5.96. The molecule has 2 aromatic heterocycles. The molecule has 0 atom stereocenters. The molecule has 3 N–H and O–H groups in total. The number of H-pyrrole nitrogens is 1. The number of aromatic nitrogens is 3. The number of amides is 1. The van der Waals surface area contributed by atoms with Gasteiger partial charge in [-0.1, -0.05) is 29.8 Å². The van der Waals surface area contributed by atoms with E-state index in [2.05, 4.69) is 31.7 Å². The van der Waals surface area contributed by atoms with E-state index in [0.717, 1.165) is 28.1 Å². The van der Waals surface area contributed by atoms with Crippen LogP contribution in [0.25, 0.3) is 11.3 Å². The Kier molecular flexibility index (Phi) is 5.78. The molecule has 6 heteroatoms. The van der Waals surface area contributed by atoms with E-state index in [-0.39, 0.29) is 11.9 Å². The molecule has 0 aliphatic heterocycles. The van der Waals surface area contributed by atoms with Gasteiger partial charge >= 0.3 is 0 Å². The zero-order chi connectivity index (χ0) is 20.3. The van der Waals surface area contributed by atoms with Crippen LogP contribution >= 0.6 is 0 Å². The zero-order valence-electron chi connectivity index (χ0n) is 17.1. The Morgan fingerprint density at radius 1 is 1.18 bits per heavy atom. The zero-order valence-corrected chi connectivity index (χ0v) is 17.1. The maximum Gasteiger partial charge on any atom is 0.268 e. The summed E-state index contributed by atoms with van der Waals surface area (Å²) in [5.74, 6) is 0.459. The summed E-state index contributed by atoms with van der Waals surface area (Å²) in [5, 5.41) is 6.21. The minimum atomic E-state index is -0.122. The monoisotopic (exact) mass is 377 g/mol. The van der Waals surface area contributed by atoms with Gasteiger partial charge in [0.15, 0.2) is 0 Å². The topological polar surface area (TPSA) is 82.7 Å². The average molecular weight is 377 g/mol. The van der Waals surface area contributed by atoms with Gasteiger partial charge < -0.3 is 15.6 Å². The number of nitrogens with zero attached hydrogens (tertiary/aromatic N) is 2. The van der Waals surface area contributed by atoms with Crippen molar-refractivity contribution >= 4 is 11.9 Å². The number of hydrogen-bond acceptors (Lipinski definition) is 4. The van der Waals surface area contributed by atoms with Crippen molar-refractivity contribution < 1.29 is 4.79 Å². The normalized spacial score (nSPS) is 10.9. The highest BCUT2D eigenvalue weighted by Gasteiger charge is 2.19. The van der Waals surface area contributed by atoms with E-state index in [1.165, 1.54) is 5.56 Å². The van der Waals surface area contributed by atoms with Crippen LogP contribution in [0.4, 0.5) is 5.95 Å². The van der Waals surface area contributed by atoms with Gasteiger partial charge in [0.1, 0.15) is 5.69 Å². The number of carbonyl (C=O) groups is 1. The first kappa shape index (κ1) is 19.6. The lowest BCUT2D eigenvalue weighted by Crippen LogP contribution is -2.23. The Morgan fingerprint density at radius 3 is 2.68 bits per heavy atom. The minimum absolute atomic E-state index is 0.122. The lowest BCUT2D eigenvalue weighted by molar-refractivity contribution is 0.0946. The van der Waals surface area contributed by atoms with Crippen molar-refractivity contribution in [3.05, 3.63) is 64.6 Å². The molecule has 0 saturated carbocycles. The number of rotatable bonds is 6. The van der Waals surface area contributed by atoms with Crippen molar-refractivity contribution in [3.8, 4) is 11.3 Å². The van der Waals surface area contributed by atoms with Gasteiger partial charge in [-0.15, -0.1) is 0 Å². The molecule has 0 saturated heterocycles. The fourth-order valence-electron chi connectivity index (χ4n) is 3.28. The Morgan fingerprint density at radius 2 is 1.96 bits per heavy atom. The quantitative estimate of drug-likeness (QED) is 0.603. The van der Waals surface area contributed by atoms with Crippen molar-refractivity contribution in [2.75, 3.05) is 5.32 Å². The summed E-state index contributed by atoms with van der Waals surface area (Å²) < 4.78 is 0. The third-order valence-electron chi connectivity index (χ3n) is 4.53. The molecule has 0 fully saturated rings. The van der Waals surface area contributed by atoms with Crippen LogP contribution in [0.5, 0.6) is 0 Å². The van der Waals surface area contributed by atoms with E-state index in [9.17, 15) is 4.79 Å². The second kappa shape index (κ2) is 8.25. The first-order chi connectivity index (χ1) is 13.3. The summed E-state index contributed by atoms with van der Waals surface area (Å²) in [4.78, 5) is 24.8. The van der Waals surface area contributed by atoms with Crippen LogP contribution in [-0.4, -0.2) is 26.9 Å². The highest BCUT2D eigenvalue weighted by Crippen LogP contribution is 2.28. The maximum absolute atomic E-state index is 12.7. The largest absolute Gasteiger partial charge is 0.354 e. The van der Waals surface area contributed by atoms with E-state index < -0.39 is 0 Å². The second-order valence-corrected chi connectivity index (χ2v) is 7.36. The smallest absolute Gasteiger partial charge is 0.268 e. The molecule has 1 amide bonds. The van der Waals surface area contributed by atoms with Crippen LogP contribution in [0.2, 0.25) is 0 Å². The molecule has 0 unspecified atom stereocenters. The molecule has 28 heavy (non-hydrogen) atoms. The van der Waals surface area contributed by atoms with E-state index in [1.807, 2.05) is 58.9 Å². The summed E-state index contributed by atoms with van der Waals surface area (Å²) in [6.07, 6.45) is 1.73. The van der Waals surface area contributed by atoms with Crippen LogP contribution < -0.4 is 10.6 Å². The fourth-order valence-corrected chi connectivity index (χ4v) is 3.28. The molecular weight excluding hydrogens is 350 g/mol. The van der Waals surface area contributed by atoms with Crippen molar-refractivity contribution in [3.63, 3.8) is 0 Å². The number of benzene rings is 1. The van der Waals surface area contributed by atoms with Gasteiger partial charge in [0, 0.05) is 30.0 Å². The number of aromatic amines is 1. The molecule has 3 aromatic rings. The fraction of sp³-hybridized carbons (Fsp3) is 0.318. The Balaban J connectivity index is 1.82. The molecule has 2 heterocycles. The molecule has 0 aliphatic carbocycles. The van der Waals surface area contributed by atoms with Crippen molar-refractivity contribution in [2.45, 2.75) is 47.2 Å². The van der Waals surface area contributed by atoms with Crippen molar-refractivity contribution in [2.24, 2.45) is 0 Å². The Labute approximate surface area is 165 Å². The van der Waals surface area contributed by atoms with Crippen molar-refractivity contribution in [1.82, 2.24) is 20.3 Å². The third-order valence-corrected chi connectivity index (χ3v) is 4.53. The lowest BCUT2D eigenvalue weighted by Gasteiger charge is -2.09. The van der Waals surface area contributed by atoms with Gasteiger partial charge in [-0.2, -0.15) is 0 Å². The summed E-state index contributed by atoms with van der Waals surface area (Å²) in [6, 6.07) is 10.2. The molecule has 3 rings (SSSR count). The van der Waals surface area contributed by atoms with Crippen LogP contribution in [0, 0.1) is 20.8 Å². The van der Waals surface area contributed by atoms with Crippen LogP contribution in [0.1, 0.15) is 46.7 Å².